The van der Waals surface area contributed by atoms with E-state index in [1.807, 2.05) is 9.91 Å². The lowest BCUT2D eigenvalue weighted by molar-refractivity contribution is -0.137. The van der Waals surface area contributed by atoms with Crippen molar-refractivity contribution in [1.29, 1.82) is 0 Å². The van der Waals surface area contributed by atoms with Gasteiger partial charge in [-0.05, 0) is 38.0 Å². The zero-order valence-corrected chi connectivity index (χ0v) is 12.0. The van der Waals surface area contributed by atoms with Gasteiger partial charge < -0.3 is 10.0 Å². The molecule has 6 nitrogen and oxygen atoms in total. The summed E-state index contributed by atoms with van der Waals surface area (Å²) in [6.07, 6.45) is 6.39. The Balaban J connectivity index is 1.75. The molecule has 20 heavy (non-hydrogen) atoms. The molecule has 2 saturated heterocycles. The standard InChI is InChI=1S/C14H25N3O3/c18-13(19)7-6-12-5-4-8-16(11-12)14(20)15-17-9-2-1-3-10-17/h12H,1-11H2,(H,15,20)(H,18,19). The number of carboxylic acid groups (broad SMARTS) is 1. The lowest BCUT2D eigenvalue weighted by atomic mass is 9.93. The Bertz CT molecular complexity index is 343. The van der Waals surface area contributed by atoms with Crippen LogP contribution in [-0.4, -0.2) is 53.2 Å². The number of urea groups is 1. The van der Waals surface area contributed by atoms with Gasteiger partial charge in [0.25, 0.3) is 0 Å². The topological polar surface area (TPSA) is 72.9 Å². The number of carbonyl (C=O) groups excluding carboxylic acids is 1. The van der Waals surface area contributed by atoms with Crippen LogP contribution in [0.25, 0.3) is 0 Å². The molecule has 2 aliphatic rings. The van der Waals surface area contributed by atoms with Gasteiger partial charge in [0.2, 0.25) is 0 Å². The first-order chi connectivity index (χ1) is 9.65. The van der Waals surface area contributed by atoms with Crippen LogP contribution in [0, 0.1) is 5.92 Å². The second kappa shape index (κ2) is 7.47. The Labute approximate surface area is 120 Å². The molecule has 1 atom stereocenters. The Morgan fingerprint density at radius 3 is 2.55 bits per heavy atom. The Morgan fingerprint density at radius 2 is 1.85 bits per heavy atom. The highest BCUT2D eigenvalue weighted by molar-refractivity contribution is 5.73. The third kappa shape index (κ3) is 4.67. The van der Waals surface area contributed by atoms with Gasteiger partial charge in [-0.3, -0.25) is 10.2 Å². The van der Waals surface area contributed by atoms with Crippen LogP contribution in [0.15, 0.2) is 0 Å². The highest BCUT2D eigenvalue weighted by Gasteiger charge is 2.25. The van der Waals surface area contributed by atoms with Crippen LogP contribution in [0.1, 0.15) is 44.9 Å². The second-order valence-corrected chi connectivity index (χ2v) is 5.85. The van der Waals surface area contributed by atoms with E-state index in [9.17, 15) is 9.59 Å². The number of amides is 2. The number of hydrogen-bond acceptors (Lipinski definition) is 3. The molecule has 2 amide bonds. The fraction of sp³-hybridized carbons (Fsp3) is 0.857. The van der Waals surface area contributed by atoms with Gasteiger partial charge in [0.15, 0.2) is 0 Å². The molecule has 2 aliphatic heterocycles. The Morgan fingerprint density at radius 1 is 1.10 bits per heavy atom. The fourth-order valence-corrected chi connectivity index (χ4v) is 3.02. The number of hydrazine groups is 1. The van der Waals surface area contributed by atoms with Crippen molar-refractivity contribution in [3.63, 3.8) is 0 Å². The fourth-order valence-electron chi connectivity index (χ4n) is 3.02. The van der Waals surface area contributed by atoms with E-state index in [1.165, 1.54) is 6.42 Å². The van der Waals surface area contributed by atoms with Crippen LogP contribution in [0.4, 0.5) is 4.79 Å². The molecule has 2 heterocycles. The summed E-state index contributed by atoms with van der Waals surface area (Å²) in [4.78, 5) is 24.7. The number of piperidine rings is 2. The zero-order chi connectivity index (χ0) is 14.4. The third-order valence-corrected chi connectivity index (χ3v) is 4.18. The van der Waals surface area contributed by atoms with Crippen molar-refractivity contribution in [2.75, 3.05) is 26.2 Å². The van der Waals surface area contributed by atoms with Crippen molar-refractivity contribution in [1.82, 2.24) is 15.3 Å². The molecular weight excluding hydrogens is 258 g/mol. The lowest BCUT2D eigenvalue weighted by Crippen LogP contribution is -2.53. The summed E-state index contributed by atoms with van der Waals surface area (Å²) in [5, 5.41) is 10.7. The molecule has 0 saturated carbocycles. The highest BCUT2D eigenvalue weighted by Crippen LogP contribution is 2.21. The predicted molar refractivity (Wildman–Crippen MR) is 75.1 cm³/mol. The van der Waals surface area contributed by atoms with Gasteiger partial charge in [-0.25, -0.2) is 9.80 Å². The molecule has 6 heteroatoms. The normalized spacial score (nSPS) is 24.4. The summed E-state index contributed by atoms with van der Waals surface area (Å²) in [7, 11) is 0. The van der Waals surface area contributed by atoms with Gasteiger partial charge in [0, 0.05) is 32.6 Å². The molecule has 0 radical (unpaired) electrons. The molecule has 0 bridgehead atoms. The van der Waals surface area contributed by atoms with E-state index in [1.54, 1.807) is 0 Å². The van der Waals surface area contributed by atoms with E-state index < -0.39 is 5.97 Å². The summed E-state index contributed by atoms with van der Waals surface area (Å²) in [6, 6.07) is -0.0214. The number of aliphatic carboxylic acids is 1. The molecule has 0 aromatic heterocycles. The summed E-state index contributed by atoms with van der Waals surface area (Å²) < 4.78 is 0. The van der Waals surface area contributed by atoms with Crippen molar-refractivity contribution in [2.45, 2.75) is 44.9 Å². The number of nitrogens with one attached hydrogen (secondary N) is 1. The van der Waals surface area contributed by atoms with Crippen molar-refractivity contribution in [3.05, 3.63) is 0 Å². The van der Waals surface area contributed by atoms with Crippen LogP contribution < -0.4 is 5.43 Å². The van der Waals surface area contributed by atoms with E-state index in [4.69, 9.17) is 5.11 Å². The van der Waals surface area contributed by atoms with Crippen LogP contribution >= 0.6 is 0 Å². The average molecular weight is 283 g/mol. The number of carboxylic acids is 1. The molecule has 2 N–H and O–H groups in total. The van der Waals surface area contributed by atoms with Gasteiger partial charge in [-0.2, -0.15) is 0 Å². The Kier molecular flexibility index (Phi) is 5.64. The van der Waals surface area contributed by atoms with Crippen LogP contribution in [0.5, 0.6) is 0 Å². The Hall–Kier alpha value is -1.30. The minimum absolute atomic E-state index is 0.0214. The highest BCUT2D eigenvalue weighted by atomic mass is 16.4. The summed E-state index contributed by atoms with van der Waals surface area (Å²) in [5.41, 5.74) is 2.98. The van der Waals surface area contributed by atoms with Gasteiger partial charge in [-0.1, -0.05) is 6.42 Å². The predicted octanol–water partition coefficient (Wildman–Crippen LogP) is 1.67. The maximum atomic E-state index is 12.2. The van der Waals surface area contributed by atoms with Gasteiger partial charge in [-0.15, -0.1) is 0 Å². The first-order valence-electron chi connectivity index (χ1n) is 7.67. The largest absolute Gasteiger partial charge is 0.481 e. The molecular formula is C14H25N3O3. The van der Waals surface area contributed by atoms with E-state index >= 15 is 0 Å². The summed E-state index contributed by atoms with van der Waals surface area (Å²) in [6.45, 7) is 3.33. The number of nitrogens with zero attached hydrogens (tertiary/aromatic N) is 2. The van der Waals surface area contributed by atoms with Crippen molar-refractivity contribution in [3.8, 4) is 0 Å². The third-order valence-electron chi connectivity index (χ3n) is 4.18. The first kappa shape index (κ1) is 15.1. The van der Waals surface area contributed by atoms with Gasteiger partial charge >= 0.3 is 12.0 Å². The minimum atomic E-state index is -0.750. The monoisotopic (exact) mass is 283 g/mol. The molecule has 114 valence electrons. The smallest absolute Gasteiger partial charge is 0.331 e. The quantitative estimate of drug-likeness (QED) is 0.823. The number of likely N-dealkylation sites (tertiary alicyclic amines) is 1. The molecule has 0 spiro atoms. The number of carbonyl (C=O) groups is 2. The lowest BCUT2D eigenvalue weighted by Gasteiger charge is -2.35. The molecule has 2 rings (SSSR count). The van der Waals surface area contributed by atoms with Gasteiger partial charge in [0.05, 0.1) is 0 Å². The zero-order valence-electron chi connectivity index (χ0n) is 12.0. The van der Waals surface area contributed by atoms with E-state index in [-0.39, 0.29) is 12.5 Å². The molecule has 0 aromatic rings. The second-order valence-electron chi connectivity index (χ2n) is 5.85. The van der Waals surface area contributed by atoms with E-state index in [0.29, 0.717) is 18.9 Å². The average Bonchev–Trinajstić information content (AvgIpc) is 2.46. The minimum Gasteiger partial charge on any atom is -0.481 e. The van der Waals surface area contributed by atoms with Gasteiger partial charge in [0.1, 0.15) is 0 Å². The van der Waals surface area contributed by atoms with Crippen LogP contribution in [0.3, 0.4) is 0 Å². The van der Waals surface area contributed by atoms with E-state index in [2.05, 4.69) is 5.43 Å². The van der Waals surface area contributed by atoms with Crippen LogP contribution in [-0.2, 0) is 4.79 Å². The SMILES string of the molecule is O=C(O)CCC1CCCN(C(=O)NN2CCCCC2)C1. The number of rotatable bonds is 4. The van der Waals surface area contributed by atoms with Crippen molar-refractivity contribution >= 4 is 12.0 Å². The van der Waals surface area contributed by atoms with Crippen molar-refractivity contribution in [2.24, 2.45) is 5.92 Å². The summed E-state index contributed by atoms with van der Waals surface area (Å²) in [5.74, 6) is -0.424. The maximum absolute atomic E-state index is 12.2. The number of hydrogen-bond donors (Lipinski definition) is 2. The molecule has 0 aromatic carbocycles. The maximum Gasteiger partial charge on any atom is 0.331 e. The first-order valence-corrected chi connectivity index (χ1v) is 7.67. The van der Waals surface area contributed by atoms with Crippen LogP contribution in [0.2, 0.25) is 0 Å². The van der Waals surface area contributed by atoms with E-state index in [0.717, 1.165) is 45.3 Å². The summed E-state index contributed by atoms with van der Waals surface area (Å²) >= 11 is 0. The van der Waals surface area contributed by atoms with Crippen molar-refractivity contribution < 1.29 is 14.7 Å². The molecule has 0 aliphatic carbocycles. The molecule has 1 unspecified atom stereocenters. The molecule has 2 fully saturated rings.